The number of ether oxygens (including phenoxy) is 2. The van der Waals surface area contributed by atoms with Crippen molar-refractivity contribution in [3.8, 4) is 11.3 Å². The molecule has 5 heterocycles. The minimum atomic E-state index is -0.864. The second kappa shape index (κ2) is 16.3. The molecule has 1 aromatic carbocycles. The normalized spacial score (nSPS) is 24.9. The third-order valence-corrected chi connectivity index (χ3v) is 12.5. The summed E-state index contributed by atoms with van der Waals surface area (Å²) in [5.74, 6) is 1.07. The van der Waals surface area contributed by atoms with Crippen molar-refractivity contribution in [3.05, 3.63) is 96.2 Å². The summed E-state index contributed by atoms with van der Waals surface area (Å²) >= 11 is 0. The minimum absolute atomic E-state index is 0.0206. The lowest BCUT2D eigenvalue weighted by Gasteiger charge is -2.31. The number of fused-ring (bicyclic) bond motifs is 2. The third-order valence-electron chi connectivity index (χ3n) is 12.5. The number of likely N-dealkylation sites (tertiary alicyclic amines) is 1. The number of aromatic nitrogens is 2. The number of hydrogen-bond donors (Lipinski definition) is 2. The van der Waals surface area contributed by atoms with Gasteiger partial charge in [0.25, 0.3) is 0 Å². The maximum absolute atomic E-state index is 13.6. The van der Waals surface area contributed by atoms with Crippen LogP contribution < -0.4 is 10.6 Å². The van der Waals surface area contributed by atoms with Crippen molar-refractivity contribution in [2.45, 2.75) is 76.6 Å². The van der Waals surface area contributed by atoms with Crippen LogP contribution in [-0.4, -0.2) is 83.2 Å². The van der Waals surface area contributed by atoms with Gasteiger partial charge in [0.15, 0.2) is 0 Å². The standard InChI is InChI=1S/C44H49N7O5/c1-26(55-2)41(50-44(54)56-3)43(53)51-17-5-7-38(51)36-19-34(25-47-36)32-14-15-35(46-23-32)29-10-8-28(9-11-29)33-20-37(48-24-33)39-30-12-13-31(18-30)40(39)42(52)49-22-27-6-4-16-45-21-27/h4,6,8-11,14-16,21,23-26,30-31,38-41H,5,7,12-13,17-20,22H2,1-3H3,(H,49,52)(H,50,54)/t26-,30?,31?,38+,39?,40+,41+/m1/s1. The van der Waals surface area contributed by atoms with E-state index in [2.05, 4.69) is 45.9 Å². The number of rotatable bonds is 12. The lowest BCUT2D eigenvalue weighted by molar-refractivity contribution is -0.136. The molecule has 7 atom stereocenters. The first-order valence-corrected chi connectivity index (χ1v) is 19.7. The van der Waals surface area contributed by atoms with Gasteiger partial charge in [-0.1, -0.05) is 36.4 Å². The summed E-state index contributed by atoms with van der Waals surface area (Å²) in [7, 11) is 2.79. The van der Waals surface area contributed by atoms with Crippen LogP contribution in [0.1, 0.15) is 68.6 Å². The summed E-state index contributed by atoms with van der Waals surface area (Å²) in [4.78, 5) is 59.7. The number of benzene rings is 1. The molecule has 2 aliphatic carbocycles. The molecule has 2 bridgehead atoms. The number of carbonyl (C=O) groups is 3. The van der Waals surface area contributed by atoms with Gasteiger partial charge in [0.1, 0.15) is 6.04 Å². The van der Waals surface area contributed by atoms with Crippen molar-refractivity contribution in [2.75, 3.05) is 20.8 Å². The van der Waals surface area contributed by atoms with E-state index in [0.717, 1.165) is 77.0 Å². The predicted octanol–water partition coefficient (Wildman–Crippen LogP) is 6.24. The predicted molar refractivity (Wildman–Crippen MR) is 214 cm³/mol. The number of nitrogens with one attached hydrogen (secondary N) is 2. The number of alkyl carbamates (subject to hydrolysis) is 1. The minimum Gasteiger partial charge on any atom is -0.453 e. The van der Waals surface area contributed by atoms with Gasteiger partial charge < -0.3 is 25.0 Å². The van der Waals surface area contributed by atoms with Gasteiger partial charge in [-0.25, -0.2) is 4.79 Å². The van der Waals surface area contributed by atoms with Gasteiger partial charge >= 0.3 is 6.09 Å². The number of carbonyl (C=O) groups excluding carboxylic acids is 3. The van der Waals surface area contributed by atoms with Gasteiger partial charge in [0.05, 0.1) is 24.9 Å². The molecule has 5 aliphatic rings. The molecule has 2 aromatic heterocycles. The summed E-state index contributed by atoms with van der Waals surface area (Å²) in [5, 5.41) is 5.84. The van der Waals surface area contributed by atoms with Crippen LogP contribution in [0, 0.1) is 23.7 Å². The van der Waals surface area contributed by atoms with E-state index in [1.165, 1.54) is 26.2 Å². The largest absolute Gasteiger partial charge is 0.453 e. The topological polar surface area (TPSA) is 147 Å². The van der Waals surface area contributed by atoms with Crippen LogP contribution in [-0.2, 0) is 25.6 Å². The number of allylic oxidation sites excluding steroid dienone is 2. The van der Waals surface area contributed by atoms with E-state index in [1.54, 1.807) is 19.3 Å². The highest BCUT2D eigenvalue weighted by atomic mass is 16.5. The molecule has 1 saturated heterocycles. The molecule has 2 N–H and O–H groups in total. The molecule has 3 unspecified atom stereocenters. The van der Waals surface area contributed by atoms with Crippen molar-refractivity contribution in [1.29, 1.82) is 0 Å². The van der Waals surface area contributed by atoms with E-state index < -0.39 is 18.2 Å². The lowest BCUT2D eigenvalue weighted by Crippen LogP contribution is -2.56. The van der Waals surface area contributed by atoms with E-state index in [1.807, 2.05) is 41.7 Å². The highest BCUT2D eigenvalue weighted by Crippen LogP contribution is 2.54. The Kier molecular flexibility index (Phi) is 10.9. The maximum atomic E-state index is 13.6. The number of aliphatic imine (C=N–C) groups is 2. The van der Waals surface area contributed by atoms with Crippen LogP contribution in [0.5, 0.6) is 0 Å². The maximum Gasteiger partial charge on any atom is 0.407 e. The van der Waals surface area contributed by atoms with Crippen molar-refractivity contribution in [2.24, 2.45) is 33.7 Å². The number of nitrogens with zero attached hydrogens (tertiary/aromatic N) is 5. The SMILES string of the molecule is COC(=O)N[C@H](C(=O)N1CCC[C@H]1C1=NC=C(c2ccc(-c3ccc(C4=CN=C(C5C6CCC(C6)[C@@H]5C(=O)NCc5cccnc5)C4)cc3)nc2)C1)[C@@H](C)OC. The van der Waals surface area contributed by atoms with Crippen molar-refractivity contribution in [1.82, 2.24) is 25.5 Å². The molecule has 0 radical (unpaired) electrons. The molecule has 12 nitrogen and oxygen atoms in total. The van der Waals surface area contributed by atoms with Crippen LogP contribution in [0.3, 0.4) is 0 Å². The average molecular weight is 756 g/mol. The van der Waals surface area contributed by atoms with Crippen LogP contribution in [0.4, 0.5) is 4.79 Å². The summed E-state index contributed by atoms with van der Waals surface area (Å²) in [6, 6.07) is 15.5. The van der Waals surface area contributed by atoms with Crippen LogP contribution in [0.15, 0.2) is 89.5 Å². The molecular weight excluding hydrogens is 707 g/mol. The third kappa shape index (κ3) is 7.54. The molecule has 8 rings (SSSR count). The van der Waals surface area contributed by atoms with Crippen LogP contribution in [0.25, 0.3) is 22.4 Å². The van der Waals surface area contributed by atoms with Crippen molar-refractivity contribution >= 4 is 40.5 Å². The van der Waals surface area contributed by atoms with Gasteiger partial charge in [-0.05, 0) is 90.8 Å². The quantitative estimate of drug-likeness (QED) is 0.222. The van der Waals surface area contributed by atoms with Gasteiger partial charge in [0, 0.05) is 92.9 Å². The second-order valence-corrected chi connectivity index (χ2v) is 15.6. The summed E-state index contributed by atoms with van der Waals surface area (Å²) in [6.45, 7) is 2.84. The van der Waals surface area contributed by atoms with Crippen molar-refractivity contribution < 1.29 is 23.9 Å². The Labute approximate surface area is 327 Å². The van der Waals surface area contributed by atoms with E-state index in [0.29, 0.717) is 31.3 Å². The zero-order valence-electron chi connectivity index (χ0n) is 32.2. The smallest absolute Gasteiger partial charge is 0.407 e. The van der Waals surface area contributed by atoms with Gasteiger partial charge in [-0.3, -0.25) is 29.5 Å². The fraction of sp³-hybridized carbons (Fsp3) is 0.432. The Bertz CT molecular complexity index is 2080. The molecule has 2 saturated carbocycles. The number of pyridine rings is 2. The van der Waals surface area contributed by atoms with Gasteiger partial charge in [-0.2, -0.15) is 0 Å². The Morgan fingerprint density at radius 2 is 1.61 bits per heavy atom. The fourth-order valence-corrected chi connectivity index (χ4v) is 9.48. The molecular formula is C44H49N7O5. The van der Waals surface area contributed by atoms with Crippen LogP contribution in [0.2, 0.25) is 0 Å². The first-order valence-electron chi connectivity index (χ1n) is 19.7. The van der Waals surface area contributed by atoms with E-state index in [9.17, 15) is 14.4 Å². The Morgan fingerprint density at radius 3 is 2.34 bits per heavy atom. The van der Waals surface area contributed by atoms with E-state index >= 15 is 0 Å². The number of methoxy groups -OCH3 is 2. The van der Waals surface area contributed by atoms with E-state index in [-0.39, 0.29) is 29.7 Å². The summed E-state index contributed by atoms with van der Waals surface area (Å²) < 4.78 is 10.2. The molecule has 3 amide bonds. The van der Waals surface area contributed by atoms with E-state index in [4.69, 9.17) is 24.4 Å². The first kappa shape index (κ1) is 37.4. The Hall–Kier alpha value is -5.49. The Balaban J connectivity index is 0.863. The lowest BCUT2D eigenvalue weighted by atomic mass is 9.75. The molecule has 12 heteroatoms. The average Bonchev–Trinajstić information content (AvgIpc) is 4.10. The Morgan fingerprint density at radius 1 is 0.875 bits per heavy atom. The molecule has 3 aromatic rings. The highest BCUT2D eigenvalue weighted by Gasteiger charge is 2.52. The highest BCUT2D eigenvalue weighted by molar-refractivity contribution is 6.04. The number of hydrogen-bond acceptors (Lipinski definition) is 9. The molecule has 56 heavy (non-hydrogen) atoms. The molecule has 290 valence electrons. The van der Waals surface area contributed by atoms with Crippen molar-refractivity contribution in [3.63, 3.8) is 0 Å². The first-order chi connectivity index (χ1) is 27.3. The fourth-order valence-electron chi connectivity index (χ4n) is 9.48. The summed E-state index contributed by atoms with van der Waals surface area (Å²) in [6.07, 6.45) is 14.6. The molecule has 0 spiro atoms. The molecule has 3 aliphatic heterocycles. The van der Waals surface area contributed by atoms with Crippen LogP contribution >= 0.6 is 0 Å². The summed E-state index contributed by atoms with van der Waals surface area (Å²) in [5.41, 5.74) is 9.35. The zero-order chi connectivity index (χ0) is 38.8. The number of amides is 3. The molecule has 3 fully saturated rings. The van der Waals surface area contributed by atoms with Gasteiger partial charge in [-0.15, -0.1) is 0 Å². The van der Waals surface area contributed by atoms with Gasteiger partial charge in [0.2, 0.25) is 11.8 Å². The monoisotopic (exact) mass is 755 g/mol. The second-order valence-electron chi connectivity index (χ2n) is 15.6. The zero-order valence-corrected chi connectivity index (χ0v) is 32.2.